The molecule has 5 nitrogen and oxygen atoms in total. The molecule has 0 aliphatic rings. The van der Waals surface area contributed by atoms with Crippen molar-refractivity contribution >= 4 is 5.52 Å². The summed E-state index contributed by atoms with van der Waals surface area (Å²) in [6, 6.07) is 1.74. The molecule has 0 saturated heterocycles. The summed E-state index contributed by atoms with van der Waals surface area (Å²) in [5.74, 6) is 0. The van der Waals surface area contributed by atoms with E-state index in [2.05, 4.69) is 5.10 Å². The standard InChI is InChI=1S/C10H13N3O2/c1-7-5-9-10(15)12(6-8(2)14)3-4-13(9)11-7/h3-5,8,14H,6H2,1-2H3. The number of aliphatic hydroxyl groups is 1. The zero-order chi connectivity index (χ0) is 11.0. The minimum Gasteiger partial charge on any atom is -0.392 e. The van der Waals surface area contributed by atoms with Gasteiger partial charge in [0.15, 0.2) is 0 Å². The first-order valence-electron chi connectivity index (χ1n) is 4.81. The number of hydrogen-bond acceptors (Lipinski definition) is 3. The lowest BCUT2D eigenvalue weighted by molar-refractivity contribution is 0.172. The number of hydrogen-bond donors (Lipinski definition) is 1. The van der Waals surface area contributed by atoms with Gasteiger partial charge in [0.05, 0.1) is 18.3 Å². The van der Waals surface area contributed by atoms with Crippen LogP contribution in [0.1, 0.15) is 12.6 Å². The molecule has 0 aliphatic heterocycles. The second-order valence-corrected chi connectivity index (χ2v) is 3.72. The van der Waals surface area contributed by atoms with E-state index in [-0.39, 0.29) is 5.56 Å². The van der Waals surface area contributed by atoms with Crippen LogP contribution in [0.5, 0.6) is 0 Å². The van der Waals surface area contributed by atoms with Crippen LogP contribution in [0.15, 0.2) is 23.3 Å². The Morgan fingerprint density at radius 1 is 1.53 bits per heavy atom. The predicted octanol–water partition coefficient (Wildman–Crippen LogP) is 0.185. The Labute approximate surface area is 86.6 Å². The molecule has 2 heterocycles. The first kappa shape index (κ1) is 9.92. The molecule has 0 fully saturated rings. The lowest BCUT2D eigenvalue weighted by Crippen LogP contribution is -2.25. The van der Waals surface area contributed by atoms with Crippen molar-refractivity contribution in [1.82, 2.24) is 14.2 Å². The molecule has 2 rings (SSSR count). The van der Waals surface area contributed by atoms with Crippen molar-refractivity contribution in [3.63, 3.8) is 0 Å². The Kier molecular flexibility index (Phi) is 2.32. The zero-order valence-corrected chi connectivity index (χ0v) is 8.71. The van der Waals surface area contributed by atoms with Gasteiger partial charge in [-0.2, -0.15) is 5.10 Å². The van der Waals surface area contributed by atoms with E-state index in [1.165, 1.54) is 4.57 Å². The van der Waals surface area contributed by atoms with Crippen LogP contribution >= 0.6 is 0 Å². The minimum absolute atomic E-state index is 0.126. The fourth-order valence-electron chi connectivity index (χ4n) is 1.58. The summed E-state index contributed by atoms with van der Waals surface area (Å²) < 4.78 is 3.04. The Balaban J connectivity index is 2.59. The van der Waals surface area contributed by atoms with E-state index in [1.807, 2.05) is 6.92 Å². The molecule has 80 valence electrons. The van der Waals surface area contributed by atoms with Gasteiger partial charge in [0.1, 0.15) is 5.52 Å². The van der Waals surface area contributed by atoms with E-state index >= 15 is 0 Å². The number of aromatic nitrogens is 3. The SMILES string of the molecule is Cc1cc2c(=O)n(CC(C)O)ccn2n1. The Hall–Kier alpha value is -1.62. The minimum atomic E-state index is -0.533. The van der Waals surface area contributed by atoms with Crippen molar-refractivity contribution in [2.75, 3.05) is 0 Å². The number of rotatable bonds is 2. The van der Waals surface area contributed by atoms with Crippen molar-refractivity contribution < 1.29 is 5.11 Å². The van der Waals surface area contributed by atoms with Gasteiger partial charge in [-0.3, -0.25) is 4.79 Å². The maximum Gasteiger partial charge on any atom is 0.276 e. The van der Waals surface area contributed by atoms with Crippen LogP contribution in [0, 0.1) is 6.92 Å². The highest BCUT2D eigenvalue weighted by Crippen LogP contribution is 2.00. The third kappa shape index (κ3) is 1.78. The molecule has 2 aromatic rings. The van der Waals surface area contributed by atoms with Gasteiger partial charge in [-0.15, -0.1) is 0 Å². The molecule has 15 heavy (non-hydrogen) atoms. The molecular weight excluding hydrogens is 194 g/mol. The van der Waals surface area contributed by atoms with Crippen LogP contribution in [-0.4, -0.2) is 25.4 Å². The number of fused-ring (bicyclic) bond motifs is 1. The molecule has 0 aliphatic carbocycles. The molecule has 0 spiro atoms. The first-order valence-corrected chi connectivity index (χ1v) is 4.81. The summed E-state index contributed by atoms with van der Waals surface area (Å²) in [5, 5.41) is 13.4. The summed E-state index contributed by atoms with van der Waals surface area (Å²) in [7, 11) is 0. The van der Waals surface area contributed by atoms with E-state index in [9.17, 15) is 9.90 Å². The summed E-state index contributed by atoms with van der Waals surface area (Å²) in [6.07, 6.45) is 2.81. The summed E-state index contributed by atoms with van der Waals surface area (Å²) >= 11 is 0. The van der Waals surface area contributed by atoms with E-state index in [0.717, 1.165) is 5.69 Å². The van der Waals surface area contributed by atoms with Crippen molar-refractivity contribution in [2.45, 2.75) is 26.5 Å². The van der Waals surface area contributed by atoms with Crippen LogP contribution in [0.4, 0.5) is 0 Å². The van der Waals surface area contributed by atoms with Gasteiger partial charge in [-0.05, 0) is 19.9 Å². The fraction of sp³-hybridized carbons (Fsp3) is 0.400. The average molecular weight is 207 g/mol. The number of aliphatic hydroxyl groups excluding tert-OH is 1. The fourth-order valence-corrected chi connectivity index (χ4v) is 1.58. The van der Waals surface area contributed by atoms with E-state index in [1.54, 1.807) is 29.9 Å². The van der Waals surface area contributed by atoms with Crippen LogP contribution in [0.3, 0.4) is 0 Å². The van der Waals surface area contributed by atoms with Crippen LogP contribution in [-0.2, 0) is 6.54 Å². The highest BCUT2D eigenvalue weighted by Gasteiger charge is 2.06. The molecule has 0 radical (unpaired) electrons. The summed E-state index contributed by atoms with van der Waals surface area (Å²) in [6.45, 7) is 3.79. The molecule has 0 bridgehead atoms. The highest BCUT2D eigenvalue weighted by molar-refractivity contribution is 5.44. The molecule has 0 aromatic carbocycles. The Morgan fingerprint density at radius 2 is 2.27 bits per heavy atom. The van der Waals surface area contributed by atoms with Crippen LogP contribution in [0.2, 0.25) is 0 Å². The number of aryl methyl sites for hydroxylation is 1. The third-order valence-electron chi connectivity index (χ3n) is 2.19. The van der Waals surface area contributed by atoms with E-state index in [0.29, 0.717) is 12.1 Å². The summed E-state index contributed by atoms with van der Waals surface area (Å²) in [4.78, 5) is 11.9. The predicted molar refractivity (Wildman–Crippen MR) is 55.9 cm³/mol. The lowest BCUT2D eigenvalue weighted by Gasteiger charge is -2.07. The lowest BCUT2D eigenvalue weighted by atomic mass is 10.4. The van der Waals surface area contributed by atoms with Gasteiger partial charge in [0.2, 0.25) is 0 Å². The van der Waals surface area contributed by atoms with Crippen LogP contribution in [0.25, 0.3) is 5.52 Å². The van der Waals surface area contributed by atoms with Gasteiger partial charge < -0.3 is 9.67 Å². The molecule has 1 N–H and O–H groups in total. The average Bonchev–Trinajstić information content (AvgIpc) is 2.51. The third-order valence-corrected chi connectivity index (χ3v) is 2.19. The van der Waals surface area contributed by atoms with E-state index in [4.69, 9.17) is 0 Å². The quantitative estimate of drug-likeness (QED) is 0.764. The number of nitrogens with zero attached hydrogens (tertiary/aromatic N) is 3. The molecule has 1 atom stereocenters. The Bertz CT molecular complexity index is 539. The molecule has 5 heteroatoms. The second kappa shape index (κ2) is 3.51. The highest BCUT2D eigenvalue weighted by atomic mass is 16.3. The maximum atomic E-state index is 11.9. The Morgan fingerprint density at radius 3 is 2.93 bits per heavy atom. The largest absolute Gasteiger partial charge is 0.392 e. The molecule has 2 aromatic heterocycles. The van der Waals surface area contributed by atoms with Gasteiger partial charge in [-0.1, -0.05) is 0 Å². The van der Waals surface area contributed by atoms with Gasteiger partial charge in [-0.25, -0.2) is 4.52 Å². The van der Waals surface area contributed by atoms with E-state index < -0.39 is 6.10 Å². The molecule has 0 amide bonds. The zero-order valence-electron chi connectivity index (χ0n) is 8.71. The monoisotopic (exact) mass is 207 g/mol. The topological polar surface area (TPSA) is 59.5 Å². The summed E-state index contributed by atoms with van der Waals surface area (Å²) in [5.41, 5.74) is 1.22. The first-order chi connectivity index (χ1) is 7.08. The van der Waals surface area contributed by atoms with Crippen molar-refractivity contribution in [1.29, 1.82) is 0 Å². The van der Waals surface area contributed by atoms with Gasteiger partial charge >= 0.3 is 0 Å². The van der Waals surface area contributed by atoms with Gasteiger partial charge in [0.25, 0.3) is 5.56 Å². The second-order valence-electron chi connectivity index (χ2n) is 3.72. The van der Waals surface area contributed by atoms with Crippen molar-refractivity contribution in [3.05, 3.63) is 34.5 Å². The van der Waals surface area contributed by atoms with Gasteiger partial charge in [0, 0.05) is 12.4 Å². The van der Waals surface area contributed by atoms with Crippen molar-refractivity contribution in [2.24, 2.45) is 0 Å². The molecule has 1 unspecified atom stereocenters. The smallest absolute Gasteiger partial charge is 0.276 e. The van der Waals surface area contributed by atoms with Crippen LogP contribution < -0.4 is 5.56 Å². The van der Waals surface area contributed by atoms with Crippen molar-refractivity contribution in [3.8, 4) is 0 Å². The molecule has 0 saturated carbocycles. The normalized spacial score (nSPS) is 13.3. The maximum absolute atomic E-state index is 11.9. The molecular formula is C10H13N3O2.